The normalized spacial score (nSPS) is 16.9. The Kier molecular flexibility index (Phi) is 10.1. The number of benzene rings is 1. The SMILES string of the molecule is CN=C(NCCCOCC1CCOC1)NCCc1c[nH]c2c(C)cccc12.I. The number of nitrogens with one attached hydrogen (secondary N) is 3. The van der Waals surface area contributed by atoms with Crippen LogP contribution in [0.2, 0.25) is 0 Å². The van der Waals surface area contributed by atoms with Crippen molar-refractivity contribution >= 4 is 40.8 Å². The molecule has 2 aromatic rings. The minimum atomic E-state index is 0. The summed E-state index contributed by atoms with van der Waals surface area (Å²) >= 11 is 0. The molecule has 7 heteroatoms. The van der Waals surface area contributed by atoms with Crippen LogP contribution in [0.4, 0.5) is 0 Å². The third kappa shape index (κ3) is 6.63. The van der Waals surface area contributed by atoms with Gasteiger partial charge >= 0.3 is 0 Å². The molecule has 2 heterocycles. The van der Waals surface area contributed by atoms with Gasteiger partial charge in [0.2, 0.25) is 0 Å². The molecule has 1 aliphatic heterocycles. The van der Waals surface area contributed by atoms with Gasteiger partial charge in [-0.2, -0.15) is 0 Å². The number of hydrogen-bond acceptors (Lipinski definition) is 3. The summed E-state index contributed by atoms with van der Waals surface area (Å²) in [5.74, 6) is 1.43. The van der Waals surface area contributed by atoms with Crippen LogP contribution in [0.3, 0.4) is 0 Å². The predicted molar refractivity (Wildman–Crippen MR) is 126 cm³/mol. The fraction of sp³-hybridized carbons (Fsp3) is 0.571. The van der Waals surface area contributed by atoms with Crippen molar-refractivity contribution in [3.05, 3.63) is 35.5 Å². The monoisotopic (exact) mass is 500 g/mol. The first-order valence-electron chi connectivity index (χ1n) is 9.93. The molecule has 0 spiro atoms. The first-order chi connectivity index (χ1) is 13.3. The van der Waals surface area contributed by atoms with Crippen LogP contribution in [0.25, 0.3) is 10.9 Å². The van der Waals surface area contributed by atoms with Gasteiger partial charge in [0.25, 0.3) is 0 Å². The van der Waals surface area contributed by atoms with Gasteiger partial charge in [0.15, 0.2) is 5.96 Å². The third-order valence-electron chi connectivity index (χ3n) is 5.06. The van der Waals surface area contributed by atoms with Crippen LogP contribution in [0.1, 0.15) is 24.0 Å². The molecule has 1 aromatic carbocycles. The van der Waals surface area contributed by atoms with Crippen molar-refractivity contribution in [1.29, 1.82) is 0 Å². The molecule has 28 heavy (non-hydrogen) atoms. The number of halogens is 1. The van der Waals surface area contributed by atoms with Crippen LogP contribution in [-0.2, 0) is 15.9 Å². The lowest BCUT2D eigenvalue weighted by atomic mass is 10.1. The summed E-state index contributed by atoms with van der Waals surface area (Å²) in [6, 6.07) is 6.43. The molecule has 0 saturated carbocycles. The average molecular weight is 500 g/mol. The first kappa shape index (κ1) is 23.0. The molecule has 156 valence electrons. The van der Waals surface area contributed by atoms with E-state index in [4.69, 9.17) is 9.47 Å². The summed E-state index contributed by atoms with van der Waals surface area (Å²) < 4.78 is 11.1. The van der Waals surface area contributed by atoms with Gasteiger partial charge in [0.1, 0.15) is 0 Å². The number of fused-ring (bicyclic) bond motifs is 1. The third-order valence-corrected chi connectivity index (χ3v) is 5.06. The van der Waals surface area contributed by atoms with Crippen LogP contribution < -0.4 is 10.6 Å². The zero-order valence-electron chi connectivity index (χ0n) is 16.9. The lowest BCUT2D eigenvalue weighted by Crippen LogP contribution is -2.39. The molecule has 0 amide bonds. The first-order valence-corrected chi connectivity index (χ1v) is 9.93. The van der Waals surface area contributed by atoms with E-state index in [9.17, 15) is 0 Å². The smallest absolute Gasteiger partial charge is 0.190 e. The molecule has 1 saturated heterocycles. The molecule has 3 N–H and O–H groups in total. The van der Waals surface area contributed by atoms with Gasteiger partial charge in [-0.15, -0.1) is 24.0 Å². The van der Waals surface area contributed by atoms with Crippen LogP contribution >= 0.6 is 24.0 Å². The van der Waals surface area contributed by atoms with Crippen molar-refractivity contribution < 1.29 is 9.47 Å². The molecule has 1 atom stereocenters. The van der Waals surface area contributed by atoms with Crippen LogP contribution in [-0.4, -0.2) is 57.5 Å². The number of H-pyrrole nitrogens is 1. The fourth-order valence-electron chi connectivity index (χ4n) is 3.45. The Hall–Kier alpha value is -1.32. The number of hydrogen-bond donors (Lipinski definition) is 3. The molecule has 0 bridgehead atoms. The van der Waals surface area contributed by atoms with E-state index in [1.807, 2.05) is 0 Å². The quantitative estimate of drug-likeness (QED) is 0.214. The number of rotatable bonds is 9. The molecule has 1 unspecified atom stereocenters. The maximum Gasteiger partial charge on any atom is 0.190 e. The van der Waals surface area contributed by atoms with Gasteiger partial charge in [-0.25, -0.2) is 0 Å². The minimum Gasteiger partial charge on any atom is -0.381 e. The number of aromatic amines is 1. The second kappa shape index (κ2) is 12.3. The van der Waals surface area contributed by atoms with Gasteiger partial charge in [0, 0.05) is 56.4 Å². The Labute approximate surface area is 184 Å². The Balaban J connectivity index is 0.00000280. The van der Waals surface area contributed by atoms with Gasteiger partial charge in [0.05, 0.1) is 13.2 Å². The number of guanidine groups is 1. The highest BCUT2D eigenvalue weighted by Crippen LogP contribution is 2.21. The number of ether oxygens (including phenoxy) is 2. The van der Waals surface area contributed by atoms with Crippen LogP contribution in [0.5, 0.6) is 0 Å². The number of para-hydroxylation sites is 1. The predicted octanol–water partition coefficient (Wildman–Crippen LogP) is 3.25. The van der Waals surface area contributed by atoms with E-state index in [-0.39, 0.29) is 24.0 Å². The maximum atomic E-state index is 5.73. The molecule has 0 aliphatic carbocycles. The largest absolute Gasteiger partial charge is 0.381 e. The Morgan fingerprint density at radius 3 is 2.96 bits per heavy atom. The van der Waals surface area contributed by atoms with E-state index in [2.05, 4.69) is 51.9 Å². The highest BCUT2D eigenvalue weighted by Gasteiger charge is 2.15. The Morgan fingerprint density at radius 2 is 2.18 bits per heavy atom. The van der Waals surface area contributed by atoms with Gasteiger partial charge in [-0.1, -0.05) is 18.2 Å². The molecule has 1 aliphatic rings. The molecule has 0 radical (unpaired) electrons. The van der Waals surface area contributed by atoms with E-state index in [0.717, 1.165) is 64.7 Å². The summed E-state index contributed by atoms with van der Waals surface area (Å²) in [7, 11) is 1.81. The van der Waals surface area contributed by atoms with Gasteiger partial charge in [-0.3, -0.25) is 4.99 Å². The second-order valence-electron chi connectivity index (χ2n) is 7.15. The van der Waals surface area contributed by atoms with Gasteiger partial charge in [-0.05, 0) is 37.3 Å². The van der Waals surface area contributed by atoms with E-state index in [0.29, 0.717) is 5.92 Å². The summed E-state index contributed by atoms with van der Waals surface area (Å²) in [6.07, 6.45) is 5.17. The van der Waals surface area contributed by atoms with Crippen LogP contribution in [0.15, 0.2) is 29.4 Å². The molecular weight excluding hydrogens is 467 g/mol. The Bertz CT molecular complexity index is 741. The maximum absolute atomic E-state index is 5.73. The number of aromatic nitrogens is 1. The summed E-state index contributed by atoms with van der Waals surface area (Å²) in [4.78, 5) is 7.68. The second-order valence-corrected chi connectivity index (χ2v) is 7.15. The van der Waals surface area contributed by atoms with Crippen molar-refractivity contribution in [2.75, 3.05) is 46.6 Å². The van der Waals surface area contributed by atoms with Crippen molar-refractivity contribution in [2.24, 2.45) is 10.9 Å². The average Bonchev–Trinajstić information content (AvgIpc) is 3.34. The van der Waals surface area contributed by atoms with Gasteiger partial charge < -0.3 is 25.1 Å². The van der Waals surface area contributed by atoms with E-state index in [1.165, 1.54) is 22.0 Å². The molecule has 1 fully saturated rings. The van der Waals surface area contributed by atoms with Crippen molar-refractivity contribution in [1.82, 2.24) is 15.6 Å². The molecule has 1 aromatic heterocycles. The number of aryl methyl sites for hydroxylation is 1. The number of aliphatic imine (C=N–C) groups is 1. The van der Waals surface area contributed by atoms with Crippen molar-refractivity contribution in [3.63, 3.8) is 0 Å². The number of nitrogens with zero attached hydrogens (tertiary/aromatic N) is 1. The lowest BCUT2D eigenvalue weighted by Gasteiger charge is -2.12. The summed E-state index contributed by atoms with van der Waals surface area (Å²) in [6.45, 7) is 7.16. The highest BCUT2D eigenvalue weighted by atomic mass is 127. The van der Waals surface area contributed by atoms with Crippen LogP contribution in [0, 0.1) is 12.8 Å². The van der Waals surface area contributed by atoms with E-state index >= 15 is 0 Å². The van der Waals surface area contributed by atoms with Crippen molar-refractivity contribution in [2.45, 2.75) is 26.2 Å². The highest BCUT2D eigenvalue weighted by molar-refractivity contribution is 14.0. The summed E-state index contributed by atoms with van der Waals surface area (Å²) in [5, 5.41) is 8.05. The lowest BCUT2D eigenvalue weighted by molar-refractivity contribution is 0.0888. The minimum absolute atomic E-state index is 0. The van der Waals surface area contributed by atoms with E-state index < -0.39 is 0 Å². The fourth-order valence-corrected chi connectivity index (χ4v) is 3.45. The zero-order chi connectivity index (χ0) is 18.9. The zero-order valence-corrected chi connectivity index (χ0v) is 19.3. The Morgan fingerprint density at radius 1 is 1.32 bits per heavy atom. The molecule has 6 nitrogen and oxygen atoms in total. The van der Waals surface area contributed by atoms with E-state index in [1.54, 1.807) is 7.05 Å². The molecule has 3 rings (SSSR count). The summed E-state index contributed by atoms with van der Waals surface area (Å²) in [5.41, 5.74) is 3.85. The van der Waals surface area contributed by atoms with Crippen molar-refractivity contribution in [3.8, 4) is 0 Å². The standard InChI is InChI=1S/C21H32N4O2.HI/c1-16-5-3-6-19-18(13-25-20(16)19)7-10-24-21(22-2)23-9-4-11-26-14-17-8-12-27-15-17;/h3,5-6,13,17,25H,4,7-12,14-15H2,1-2H3,(H2,22,23,24);1H. The topological polar surface area (TPSA) is 70.7 Å². The molecular formula is C21H33IN4O2.